The Kier molecular flexibility index (Phi) is 7.57. The first-order chi connectivity index (χ1) is 16.7. The van der Waals surface area contributed by atoms with Crippen molar-refractivity contribution in [1.82, 2.24) is 14.9 Å². The number of ether oxygens (including phenoxy) is 3. The van der Waals surface area contributed by atoms with Crippen molar-refractivity contribution < 1.29 is 23.8 Å². The van der Waals surface area contributed by atoms with Crippen LogP contribution < -0.4 is 10.1 Å². The zero-order valence-corrected chi connectivity index (χ0v) is 20.8. The fraction of sp³-hybridized carbons (Fsp3) is 0.440. The summed E-state index contributed by atoms with van der Waals surface area (Å²) in [5.74, 6) is 0.598. The van der Waals surface area contributed by atoms with E-state index in [2.05, 4.69) is 15.3 Å². The Labute approximate surface area is 209 Å². The quantitative estimate of drug-likeness (QED) is 0.636. The van der Waals surface area contributed by atoms with Gasteiger partial charge < -0.3 is 24.4 Å². The Hall–Kier alpha value is -3.17. The number of carbonyl (C=O) groups is 2. The average Bonchev–Trinajstić information content (AvgIpc) is 2.77. The first kappa shape index (κ1) is 24.9. The number of anilines is 1. The summed E-state index contributed by atoms with van der Waals surface area (Å²) < 4.78 is 16.3. The van der Waals surface area contributed by atoms with Crippen LogP contribution in [0.2, 0.25) is 5.02 Å². The molecule has 35 heavy (non-hydrogen) atoms. The summed E-state index contributed by atoms with van der Waals surface area (Å²) >= 11 is 6.14. The molecule has 1 N–H and O–H groups in total. The van der Waals surface area contributed by atoms with Crippen LogP contribution >= 0.6 is 11.6 Å². The fourth-order valence-corrected chi connectivity index (χ4v) is 3.67. The number of rotatable bonds is 6. The molecular weight excluding hydrogens is 472 g/mol. The number of aromatic nitrogens is 2. The summed E-state index contributed by atoms with van der Waals surface area (Å²) in [6, 6.07) is 5.38. The topological polar surface area (TPSA) is 103 Å². The van der Waals surface area contributed by atoms with Crippen LogP contribution in [-0.4, -0.2) is 64.9 Å². The molecule has 0 bridgehead atoms. The zero-order valence-electron chi connectivity index (χ0n) is 20.0. The molecule has 4 rings (SSSR count). The average molecular weight is 501 g/mol. The van der Waals surface area contributed by atoms with E-state index in [-0.39, 0.29) is 24.5 Å². The molecule has 2 aromatic rings. The van der Waals surface area contributed by atoms with E-state index in [1.165, 1.54) is 6.20 Å². The number of hydrogen-bond donors (Lipinski definition) is 1. The minimum Gasteiger partial charge on any atom is -0.484 e. The maximum Gasteiger partial charge on any atom is 0.410 e. The van der Waals surface area contributed by atoms with Gasteiger partial charge in [-0.2, -0.15) is 0 Å². The maximum absolute atomic E-state index is 12.5. The summed E-state index contributed by atoms with van der Waals surface area (Å²) in [5.41, 5.74) is 2.15. The number of hydrogen-bond acceptors (Lipinski definition) is 7. The second kappa shape index (κ2) is 10.6. The normalized spacial score (nSPS) is 16.2. The van der Waals surface area contributed by atoms with Crippen molar-refractivity contribution in [2.24, 2.45) is 0 Å². The second-order valence-electron chi connectivity index (χ2n) is 9.46. The lowest BCUT2D eigenvalue weighted by Crippen LogP contribution is -2.39. The van der Waals surface area contributed by atoms with Gasteiger partial charge >= 0.3 is 6.09 Å². The van der Waals surface area contributed by atoms with Gasteiger partial charge in [0.05, 0.1) is 31.5 Å². The third-order valence-electron chi connectivity index (χ3n) is 5.37. The van der Waals surface area contributed by atoms with Crippen LogP contribution in [0.3, 0.4) is 0 Å². The molecule has 9 nitrogen and oxygen atoms in total. The van der Waals surface area contributed by atoms with Crippen molar-refractivity contribution in [3.8, 4) is 5.75 Å². The van der Waals surface area contributed by atoms with Crippen molar-refractivity contribution >= 4 is 35.0 Å². The molecule has 186 valence electrons. The van der Waals surface area contributed by atoms with Crippen LogP contribution in [0, 0.1) is 0 Å². The summed E-state index contributed by atoms with van der Waals surface area (Å²) in [6.07, 6.45) is 5.61. The van der Waals surface area contributed by atoms with Crippen LogP contribution in [0.25, 0.3) is 5.57 Å². The highest BCUT2D eigenvalue weighted by molar-refractivity contribution is 6.32. The molecule has 2 amide bonds. The number of halogens is 1. The van der Waals surface area contributed by atoms with E-state index in [1.807, 2.05) is 39.0 Å². The maximum atomic E-state index is 12.5. The highest BCUT2D eigenvalue weighted by atomic mass is 35.5. The minimum atomic E-state index is -0.518. The van der Waals surface area contributed by atoms with Crippen molar-refractivity contribution in [1.29, 1.82) is 0 Å². The van der Waals surface area contributed by atoms with Gasteiger partial charge in [-0.25, -0.2) is 9.78 Å². The monoisotopic (exact) mass is 500 g/mol. The van der Waals surface area contributed by atoms with E-state index in [9.17, 15) is 9.59 Å². The van der Waals surface area contributed by atoms with Gasteiger partial charge in [-0.3, -0.25) is 9.78 Å². The molecule has 0 spiro atoms. The molecule has 1 saturated heterocycles. The minimum absolute atomic E-state index is 0.0392. The Morgan fingerprint density at radius 1 is 1.23 bits per heavy atom. The number of nitrogens with zero attached hydrogens (tertiary/aromatic N) is 3. The molecule has 0 atom stereocenters. The molecule has 2 aromatic heterocycles. The van der Waals surface area contributed by atoms with Crippen LogP contribution in [0.4, 0.5) is 10.6 Å². The molecule has 10 heteroatoms. The third-order valence-corrected chi connectivity index (χ3v) is 5.65. The van der Waals surface area contributed by atoms with Crippen molar-refractivity contribution in [2.45, 2.75) is 45.3 Å². The van der Waals surface area contributed by atoms with Crippen molar-refractivity contribution in [3.05, 3.63) is 52.9 Å². The number of carbonyl (C=O) groups excluding carboxylic acids is 2. The SMILES string of the molecule is CC(C)(C)OC(=O)N1CC=C(c2ccc(CC(=O)Nc3cc(OC4COC4)c(Cl)cn3)cn2)CC1. The van der Waals surface area contributed by atoms with Gasteiger partial charge in [-0.05, 0) is 44.4 Å². The van der Waals surface area contributed by atoms with Gasteiger partial charge in [0.2, 0.25) is 5.91 Å². The van der Waals surface area contributed by atoms with Crippen LogP contribution in [-0.2, 0) is 20.7 Å². The molecule has 0 aromatic carbocycles. The largest absolute Gasteiger partial charge is 0.484 e. The fourth-order valence-electron chi connectivity index (χ4n) is 3.53. The van der Waals surface area contributed by atoms with E-state index in [1.54, 1.807) is 17.2 Å². The standard InChI is InChI=1S/C25H29ClN4O5/c1-25(2,3)35-24(32)30-8-6-17(7-9-30)20-5-4-16(12-27-20)10-23(31)29-22-11-21(19(26)13-28-22)34-18-14-33-15-18/h4-6,11-13,18H,7-10,14-15H2,1-3H3,(H,28,29,31). The molecule has 4 heterocycles. The van der Waals surface area contributed by atoms with Gasteiger partial charge in [-0.15, -0.1) is 0 Å². The Balaban J connectivity index is 1.30. The number of pyridine rings is 2. The first-order valence-corrected chi connectivity index (χ1v) is 11.9. The van der Waals surface area contributed by atoms with E-state index in [0.29, 0.717) is 49.3 Å². The zero-order chi connectivity index (χ0) is 25.0. The highest BCUT2D eigenvalue weighted by Gasteiger charge is 2.24. The molecule has 0 aliphatic carbocycles. The van der Waals surface area contributed by atoms with Gasteiger partial charge in [0.15, 0.2) is 0 Å². The predicted octanol–water partition coefficient (Wildman–Crippen LogP) is 4.11. The third kappa shape index (κ3) is 6.93. The summed E-state index contributed by atoms with van der Waals surface area (Å²) in [5, 5.41) is 3.14. The summed E-state index contributed by atoms with van der Waals surface area (Å²) in [4.78, 5) is 35.1. The second-order valence-corrected chi connectivity index (χ2v) is 9.87. The predicted molar refractivity (Wildman–Crippen MR) is 131 cm³/mol. The first-order valence-electron chi connectivity index (χ1n) is 11.5. The summed E-state index contributed by atoms with van der Waals surface area (Å²) in [6.45, 7) is 7.64. The molecule has 2 aliphatic heterocycles. The van der Waals surface area contributed by atoms with Crippen LogP contribution in [0.15, 0.2) is 36.7 Å². The summed E-state index contributed by atoms with van der Waals surface area (Å²) in [7, 11) is 0. The lowest BCUT2D eigenvalue weighted by atomic mass is 10.0. The Morgan fingerprint density at radius 2 is 2.03 bits per heavy atom. The lowest BCUT2D eigenvalue weighted by molar-refractivity contribution is -0.115. The van der Waals surface area contributed by atoms with Gasteiger partial charge in [0.25, 0.3) is 0 Å². The molecule has 2 aliphatic rings. The Morgan fingerprint density at radius 3 is 2.63 bits per heavy atom. The van der Waals surface area contributed by atoms with E-state index < -0.39 is 5.60 Å². The van der Waals surface area contributed by atoms with Crippen molar-refractivity contribution in [2.75, 3.05) is 31.6 Å². The highest BCUT2D eigenvalue weighted by Crippen LogP contribution is 2.28. The van der Waals surface area contributed by atoms with Gasteiger partial charge in [-0.1, -0.05) is 23.7 Å². The van der Waals surface area contributed by atoms with Crippen LogP contribution in [0.5, 0.6) is 5.75 Å². The lowest BCUT2D eigenvalue weighted by Gasteiger charge is -2.29. The van der Waals surface area contributed by atoms with E-state index in [4.69, 9.17) is 25.8 Å². The number of amides is 2. The van der Waals surface area contributed by atoms with Crippen LogP contribution in [0.1, 0.15) is 38.4 Å². The Bertz CT molecular complexity index is 1110. The molecular formula is C25H29ClN4O5. The number of nitrogens with one attached hydrogen (secondary N) is 1. The van der Waals surface area contributed by atoms with Crippen molar-refractivity contribution in [3.63, 3.8) is 0 Å². The van der Waals surface area contributed by atoms with Gasteiger partial charge in [0, 0.05) is 25.4 Å². The smallest absolute Gasteiger partial charge is 0.410 e. The van der Waals surface area contributed by atoms with E-state index in [0.717, 1.165) is 16.8 Å². The molecule has 1 fully saturated rings. The van der Waals surface area contributed by atoms with E-state index >= 15 is 0 Å². The van der Waals surface area contributed by atoms with Gasteiger partial charge in [0.1, 0.15) is 28.3 Å². The molecule has 0 radical (unpaired) electrons. The molecule has 0 unspecified atom stereocenters. The molecule has 0 saturated carbocycles.